The number of aliphatic hydroxyl groups excluding tert-OH is 1. The number of rotatable bonds is 6. The Bertz CT molecular complexity index is 687. The Morgan fingerprint density at radius 1 is 1.14 bits per heavy atom. The van der Waals surface area contributed by atoms with Gasteiger partial charge in [0, 0.05) is 5.92 Å². The van der Waals surface area contributed by atoms with Crippen molar-refractivity contribution >= 4 is 9.84 Å². The number of benzene rings is 1. The van der Waals surface area contributed by atoms with Crippen LogP contribution < -0.4 is 0 Å². The van der Waals surface area contributed by atoms with Crippen molar-refractivity contribution in [3.05, 3.63) is 53.2 Å². The Morgan fingerprint density at radius 3 is 2.33 bits per heavy atom. The van der Waals surface area contributed by atoms with Crippen LogP contribution in [0.1, 0.15) is 42.3 Å². The van der Waals surface area contributed by atoms with E-state index in [1.807, 2.05) is 13.8 Å². The maximum Gasteiger partial charge on any atom is 0.181 e. The molecule has 1 N–H and O–H groups in total. The summed E-state index contributed by atoms with van der Waals surface area (Å²) in [6.45, 7) is 3.82. The van der Waals surface area contributed by atoms with E-state index in [0.29, 0.717) is 17.0 Å². The van der Waals surface area contributed by atoms with E-state index in [0.717, 1.165) is 5.56 Å². The molecule has 0 saturated heterocycles. The maximum atomic E-state index is 12.3. The average Bonchev–Trinajstić information content (AvgIpc) is 2.86. The zero-order valence-corrected chi connectivity index (χ0v) is 12.9. The lowest BCUT2D eigenvalue weighted by Gasteiger charge is -2.06. The average molecular weight is 309 g/mol. The lowest BCUT2D eigenvalue weighted by Crippen LogP contribution is -2.09. The van der Waals surface area contributed by atoms with Crippen molar-refractivity contribution in [1.29, 1.82) is 0 Å². The molecule has 0 bridgehead atoms. The third-order valence-electron chi connectivity index (χ3n) is 3.15. The van der Waals surface area contributed by atoms with Gasteiger partial charge in [0.2, 0.25) is 0 Å². The second kappa shape index (κ2) is 6.41. The van der Waals surface area contributed by atoms with E-state index in [-0.39, 0.29) is 24.0 Å². The Morgan fingerprint density at radius 2 is 1.76 bits per heavy atom. The van der Waals surface area contributed by atoms with Crippen molar-refractivity contribution in [3.8, 4) is 0 Å². The minimum Gasteiger partial charge on any atom is -0.448 e. The lowest BCUT2D eigenvalue weighted by molar-refractivity contribution is 0.282. The fraction of sp³-hybridized carbons (Fsp3) is 0.400. The molecule has 0 saturated carbocycles. The first-order valence-electron chi connectivity index (χ1n) is 6.72. The molecule has 0 atom stereocenters. The molecule has 1 aromatic heterocycles. The molecule has 1 heterocycles. The first kappa shape index (κ1) is 15.7. The van der Waals surface area contributed by atoms with Gasteiger partial charge in [-0.1, -0.05) is 38.1 Å². The first-order chi connectivity index (χ1) is 9.91. The molecule has 6 heteroatoms. The Labute approximate surface area is 124 Å². The number of aliphatic hydroxyl groups is 1. The van der Waals surface area contributed by atoms with Gasteiger partial charge in [0.05, 0.1) is 23.8 Å². The summed E-state index contributed by atoms with van der Waals surface area (Å²) in [6, 6.07) is 6.88. The van der Waals surface area contributed by atoms with Crippen LogP contribution in [0, 0.1) is 0 Å². The predicted molar refractivity (Wildman–Crippen MR) is 79.3 cm³/mol. The number of sulfone groups is 1. The zero-order chi connectivity index (χ0) is 15.5. The van der Waals surface area contributed by atoms with Crippen LogP contribution in [-0.2, 0) is 27.9 Å². The molecule has 0 aliphatic rings. The van der Waals surface area contributed by atoms with E-state index >= 15 is 0 Å². The van der Waals surface area contributed by atoms with Gasteiger partial charge < -0.3 is 9.52 Å². The third kappa shape index (κ3) is 4.15. The maximum absolute atomic E-state index is 12.3. The highest BCUT2D eigenvalue weighted by Crippen LogP contribution is 2.21. The molecule has 0 amide bonds. The van der Waals surface area contributed by atoms with Crippen molar-refractivity contribution < 1.29 is 17.9 Å². The normalized spacial score (nSPS) is 12.0. The number of nitrogens with zero attached hydrogens (tertiary/aromatic N) is 1. The topological polar surface area (TPSA) is 80.4 Å². The van der Waals surface area contributed by atoms with Gasteiger partial charge in [0.25, 0.3) is 0 Å². The summed E-state index contributed by atoms with van der Waals surface area (Å²) in [7, 11) is -3.32. The minimum atomic E-state index is -3.32. The summed E-state index contributed by atoms with van der Waals surface area (Å²) in [5.41, 5.74) is 1.94. The first-order valence-corrected chi connectivity index (χ1v) is 8.55. The van der Waals surface area contributed by atoms with Crippen LogP contribution in [0.2, 0.25) is 0 Å². The van der Waals surface area contributed by atoms with Crippen molar-refractivity contribution in [1.82, 2.24) is 4.98 Å². The molecular formula is C15H19NO4S. The largest absolute Gasteiger partial charge is 0.448 e. The van der Waals surface area contributed by atoms with Gasteiger partial charge in [0.15, 0.2) is 16.2 Å². The number of oxazole rings is 1. The van der Waals surface area contributed by atoms with Gasteiger partial charge >= 0.3 is 0 Å². The van der Waals surface area contributed by atoms with E-state index in [1.54, 1.807) is 24.3 Å². The molecule has 0 radical (unpaired) electrons. The van der Waals surface area contributed by atoms with E-state index < -0.39 is 9.84 Å². The SMILES string of the molecule is CC(C)c1ocnc1CS(=O)(=O)Cc1ccc(CO)cc1. The van der Waals surface area contributed by atoms with E-state index in [1.165, 1.54) is 6.39 Å². The summed E-state index contributed by atoms with van der Waals surface area (Å²) in [5.74, 6) is 0.540. The highest BCUT2D eigenvalue weighted by atomic mass is 32.2. The van der Waals surface area contributed by atoms with Crippen LogP contribution in [0.25, 0.3) is 0 Å². The number of hydrogen-bond acceptors (Lipinski definition) is 5. The van der Waals surface area contributed by atoms with Gasteiger partial charge in [-0.2, -0.15) is 0 Å². The highest BCUT2D eigenvalue weighted by Gasteiger charge is 2.20. The Kier molecular flexibility index (Phi) is 4.80. The van der Waals surface area contributed by atoms with Crippen LogP contribution >= 0.6 is 0 Å². The van der Waals surface area contributed by atoms with E-state index in [4.69, 9.17) is 9.52 Å². The number of aromatic nitrogens is 1. The quantitative estimate of drug-likeness (QED) is 0.886. The zero-order valence-electron chi connectivity index (χ0n) is 12.1. The van der Waals surface area contributed by atoms with Crippen molar-refractivity contribution in [2.75, 3.05) is 0 Å². The van der Waals surface area contributed by atoms with Crippen LogP contribution in [-0.4, -0.2) is 18.5 Å². The van der Waals surface area contributed by atoms with Crippen molar-refractivity contribution in [2.45, 2.75) is 37.9 Å². The third-order valence-corrected chi connectivity index (χ3v) is 4.63. The lowest BCUT2D eigenvalue weighted by atomic mass is 10.1. The van der Waals surface area contributed by atoms with E-state index in [9.17, 15) is 8.42 Å². The molecular weight excluding hydrogens is 290 g/mol. The van der Waals surface area contributed by atoms with Gasteiger partial charge in [-0.15, -0.1) is 0 Å². The van der Waals surface area contributed by atoms with Crippen LogP contribution in [0.15, 0.2) is 35.1 Å². The van der Waals surface area contributed by atoms with Crippen LogP contribution in [0.5, 0.6) is 0 Å². The summed E-state index contributed by atoms with van der Waals surface area (Å²) in [5, 5.41) is 8.98. The van der Waals surface area contributed by atoms with Crippen molar-refractivity contribution in [3.63, 3.8) is 0 Å². The van der Waals surface area contributed by atoms with Gasteiger partial charge in [0.1, 0.15) is 5.76 Å². The molecule has 21 heavy (non-hydrogen) atoms. The highest BCUT2D eigenvalue weighted by molar-refractivity contribution is 7.89. The summed E-state index contributed by atoms with van der Waals surface area (Å²) < 4.78 is 29.8. The molecule has 0 fully saturated rings. The summed E-state index contributed by atoms with van der Waals surface area (Å²) in [4.78, 5) is 4.01. The van der Waals surface area contributed by atoms with E-state index in [2.05, 4.69) is 4.98 Å². The predicted octanol–water partition coefficient (Wildman–Crippen LogP) is 2.41. The second-order valence-electron chi connectivity index (χ2n) is 5.32. The monoisotopic (exact) mass is 309 g/mol. The van der Waals surface area contributed by atoms with Gasteiger partial charge in [-0.3, -0.25) is 0 Å². The molecule has 5 nitrogen and oxygen atoms in total. The molecule has 114 valence electrons. The minimum absolute atomic E-state index is 0.0519. The molecule has 0 aliphatic carbocycles. The van der Waals surface area contributed by atoms with Crippen LogP contribution in [0.3, 0.4) is 0 Å². The smallest absolute Gasteiger partial charge is 0.181 e. The molecule has 0 spiro atoms. The second-order valence-corrected chi connectivity index (χ2v) is 7.39. The van der Waals surface area contributed by atoms with Gasteiger partial charge in [-0.25, -0.2) is 13.4 Å². The fourth-order valence-corrected chi connectivity index (χ4v) is 3.55. The summed E-state index contributed by atoms with van der Waals surface area (Å²) in [6.07, 6.45) is 1.29. The van der Waals surface area contributed by atoms with Crippen molar-refractivity contribution in [2.24, 2.45) is 0 Å². The van der Waals surface area contributed by atoms with Gasteiger partial charge in [-0.05, 0) is 11.1 Å². The van der Waals surface area contributed by atoms with Crippen LogP contribution in [0.4, 0.5) is 0 Å². The molecule has 1 aromatic carbocycles. The summed E-state index contributed by atoms with van der Waals surface area (Å²) >= 11 is 0. The molecule has 0 aliphatic heterocycles. The standard InChI is InChI=1S/C15H19NO4S/c1-11(2)15-14(16-10-20-15)9-21(18,19)8-13-5-3-12(7-17)4-6-13/h3-6,10-11,17H,7-9H2,1-2H3. The molecule has 2 aromatic rings. The Hall–Kier alpha value is -1.66. The fourth-order valence-electron chi connectivity index (χ4n) is 2.11. The molecule has 2 rings (SSSR count). The number of hydrogen-bond donors (Lipinski definition) is 1. The Balaban J connectivity index is 2.12. The molecule has 0 unspecified atom stereocenters.